The Morgan fingerprint density at radius 3 is 2.38 bits per heavy atom. The molecule has 0 aliphatic heterocycles. The van der Waals surface area contributed by atoms with Crippen LogP contribution < -0.4 is 4.72 Å². The summed E-state index contributed by atoms with van der Waals surface area (Å²) in [5.41, 5.74) is 1.01. The molecular formula is C10H14BrNO3S. The van der Waals surface area contributed by atoms with E-state index >= 15 is 0 Å². The third-order valence-electron chi connectivity index (χ3n) is 2.02. The molecule has 0 amide bonds. The second-order valence-electron chi connectivity index (χ2n) is 3.48. The third kappa shape index (κ3) is 3.55. The monoisotopic (exact) mass is 307 g/mol. The van der Waals surface area contributed by atoms with Gasteiger partial charge in [0.2, 0.25) is 10.0 Å². The van der Waals surface area contributed by atoms with E-state index in [4.69, 9.17) is 5.11 Å². The predicted octanol–water partition coefficient (Wildman–Crippen LogP) is 1.24. The third-order valence-corrected chi connectivity index (χ3v) is 4.27. The summed E-state index contributed by atoms with van der Waals surface area (Å²) in [5.74, 6) is 0. The minimum Gasteiger partial charge on any atom is -0.395 e. The molecule has 6 heteroatoms. The van der Waals surface area contributed by atoms with Crippen molar-refractivity contribution < 1.29 is 13.5 Å². The minimum absolute atomic E-state index is 0.206. The molecule has 0 saturated heterocycles. The Kier molecular flexibility index (Phi) is 4.91. The number of aliphatic hydroxyl groups is 1. The van der Waals surface area contributed by atoms with Crippen LogP contribution in [0.5, 0.6) is 0 Å². The molecule has 0 heterocycles. The number of rotatable bonds is 5. The molecule has 0 unspecified atom stereocenters. The van der Waals surface area contributed by atoms with Gasteiger partial charge in [0, 0.05) is 11.4 Å². The summed E-state index contributed by atoms with van der Waals surface area (Å²) >= 11 is 3.29. The van der Waals surface area contributed by atoms with Crippen molar-refractivity contribution in [3.63, 3.8) is 0 Å². The molecule has 16 heavy (non-hydrogen) atoms. The van der Waals surface area contributed by atoms with Gasteiger partial charge in [-0.2, -0.15) is 0 Å². The van der Waals surface area contributed by atoms with Crippen LogP contribution in [0.4, 0.5) is 0 Å². The van der Waals surface area contributed by atoms with Gasteiger partial charge < -0.3 is 5.11 Å². The SMILES string of the molecule is C[C@H](CO)NS(=O)(=O)c1ccc(CBr)cc1. The van der Waals surface area contributed by atoms with E-state index in [0.29, 0.717) is 5.33 Å². The first-order valence-corrected chi connectivity index (χ1v) is 7.38. The van der Waals surface area contributed by atoms with Gasteiger partial charge in [0.25, 0.3) is 0 Å². The van der Waals surface area contributed by atoms with Crippen molar-refractivity contribution in [2.75, 3.05) is 6.61 Å². The van der Waals surface area contributed by atoms with E-state index in [1.807, 2.05) is 0 Å². The van der Waals surface area contributed by atoms with Crippen molar-refractivity contribution >= 4 is 26.0 Å². The van der Waals surface area contributed by atoms with E-state index in [1.54, 1.807) is 31.2 Å². The van der Waals surface area contributed by atoms with Crippen LogP contribution in [-0.4, -0.2) is 26.2 Å². The molecule has 0 spiro atoms. The zero-order valence-corrected chi connectivity index (χ0v) is 11.3. The fraction of sp³-hybridized carbons (Fsp3) is 0.400. The van der Waals surface area contributed by atoms with Crippen molar-refractivity contribution in [1.82, 2.24) is 4.72 Å². The first kappa shape index (κ1) is 13.6. The molecular weight excluding hydrogens is 294 g/mol. The maximum atomic E-state index is 11.8. The highest BCUT2D eigenvalue weighted by molar-refractivity contribution is 9.08. The summed E-state index contributed by atoms with van der Waals surface area (Å²) in [7, 11) is -3.52. The van der Waals surface area contributed by atoms with Gasteiger partial charge in [0.05, 0.1) is 11.5 Å². The first-order chi connectivity index (χ1) is 7.49. The summed E-state index contributed by atoms with van der Waals surface area (Å²) < 4.78 is 25.9. The molecule has 0 radical (unpaired) electrons. The number of sulfonamides is 1. The van der Waals surface area contributed by atoms with E-state index in [0.717, 1.165) is 5.56 Å². The predicted molar refractivity (Wildman–Crippen MR) is 65.9 cm³/mol. The van der Waals surface area contributed by atoms with Gasteiger partial charge in [0.15, 0.2) is 0 Å². The van der Waals surface area contributed by atoms with E-state index < -0.39 is 16.1 Å². The van der Waals surface area contributed by atoms with Gasteiger partial charge in [-0.25, -0.2) is 13.1 Å². The summed E-state index contributed by atoms with van der Waals surface area (Å²) in [6.07, 6.45) is 0. The molecule has 0 saturated carbocycles. The Labute approximate surface area is 104 Å². The molecule has 0 aliphatic carbocycles. The maximum absolute atomic E-state index is 11.8. The van der Waals surface area contributed by atoms with Crippen molar-refractivity contribution in [3.05, 3.63) is 29.8 Å². The number of benzene rings is 1. The molecule has 1 atom stereocenters. The standard InChI is InChI=1S/C10H14BrNO3S/c1-8(7-13)12-16(14,15)10-4-2-9(6-11)3-5-10/h2-5,8,12-13H,6-7H2,1H3/t8-/m1/s1. The fourth-order valence-electron chi connectivity index (χ4n) is 1.13. The number of hydrogen-bond donors (Lipinski definition) is 2. The van der Waals surface area contributed by atoms with Crippen LogP contribution in [0.2, 0.25) is 0 Å². The lowest BCUT2D eigenvalue weighted by Crippen LogP contribution is -2.34. The number of nitrogens with one attached hydrogen (secondary N) is 1. The van der Waals surface area contributed by atoms with Gasteiger partial charge >= 0.3 is 0 Å². The Morgan fingerprint density at radius 1 is 1.38 bits per heavy atom. The van der Waals surface area contributed by atoms with Crippen molar-refractivity contribution in [3.8, 4) is 0 Å². The Balaban J connectivity index is 2.90. The van der Waals surface area contributed by atoms with Gasteiger partial charge in [-0.1, -0.05) is 28.1 Å². The fourth-order valence-corrected chi connectivity index (χ4v) is 2.74. The summed E-state index contributed by atoms with van der Waals surface area (Å²) in [6.45, 7) is 1.38. The maximum Gasteiger partial charge on any atom is 0.240 e. The quantitative estimate of drug-likeness (QED) is 0.804. The second kappa shape index (κ2) is 5.77. The summed E-state index contributed by atoms with van der Waals surface area (Å²) in [6, 6.07) is 6.09. The summed E-state index contributed by atoms with van der Waals surface area (Å²) in [5, 5.41) is 9.48. The molecule has 0 fully saturated rings. The van der Waals surface area contributed by atoms with Crippen molar-refractivity contribution in [2.24, 2.45) is 0 Å². The molecule has 4 nitrogen and oxygen atoms in total. The number of aliphatic hydroxyl groups excluding tert-OH is 1. The van der Waals surface area contributed by atoms with Crippen LogP contribution in [0.15, 0.2) is 29.2 Å². The zero-order valence-electron chi connectivity index (χ0n) is 8.85. The first-order valence-electron chi connectivity index (χ1n) is 4.77. The van der Waals surface area contributed by atoms with Gasteiger partial charge in [-0.15, -0.1) is 0 Å². The molecule has 0 aromatic heterocycles. The normalized spacial score (nSPS) is 13.7. The molecule has 90 valence electrons. The highest BCUT2D eigenvalue weighted by Crippen LogP contribution is 2.12. The van der Waals surface area contributed by atoms with E-state index in [9.17, 15) is 8.42 Å². The smallest absolute Gasteiger partial charge is 0.240 e. The van der Waals surface area contributed by atoms with Crippen molar-refractivity contribution in [1.29, 1.82) is 0 Å². The Morgan fingerprint density at radius 2 is 1.94 bits per heavy atom. The van der Waals surface area contributed by atoms with Crippen LogP contribution in [0.1, 0.15) is 12.5 Å². The topological polar surface area (TPSA) is 66.4 Å². The second-order valence-corrected chi connectivity index (χ2v) is 5.76. The molecule has 2 N–H and O–H groups in total. The Hall–Kier alpha value is -0.430. The van der Waals surface area contributed by atoms with Gasteiger partial charge in [-0.05, 0) is 24.6 Å². The van der Waals surface area contributed by atoms with Crippen LogP contribution in [-0.2, 0) is 15.4 Å². The lowest BCUT2D eigenvalue weighted by molar-refractivity contribution is 0.265. The van der Waals surface area contributed by atoms with E-state index in [2.05, 4.69) is 20.7 Å². The van der Waals surface area contributed by atoms with Crippen molar-refractivity contribution in [2.45, 2.75) is 23.2 Å². The lowest BCUT2D eigenvalue weighted by Gasteiger charge is -2.11. The number of halogens is 1. The molecule has 1 aromatic rings. The number of alkyl halides is 1. The highest BCUT2D eigenvalue weighted by Gasteiger charge is 2.16. The van der Waals surface area contributed by atoms with Crippen LogP contribution in [0.3, 0.4) is 0 Å². The van der Waals surface area contributed by atoms with E-state index in [-0.39, 0.29) is 11.5 Å². The van der Waals surface area contributed by atoms with Crippen LogP contribution >= 0.6 is 15.9 Å². The molecule has 1 rings (SSSR count). The zero-order chi connectivity index (χ0) is 12.2. The average Bonchev–Trinajstić information content (AvgIpc) is 2.28. The average molecular weight is 308 g/mol. The highest BCUT2D eigenvalue weighted by atomic mass is 79.9. The van der Waals surface area contributed by atoms with Gasteiger partial charge in [0.1, 0.15) is 0 Å². The lowest BCUT2D eigenvalue weighted by atomic mass is 10.2. The van der Waals surface area contributed by atoms with E-state index in [1.165, 1.54) is 0 Å². The molecule has 0 aliphatic rings. The molecule has 0 bridgehead atoms. The number of hydrogen-bond acceptors (Lipinski definition) is 3. The van der Waals surface area contributed by atoms with Gasteiger partial charge in [-0.3, -0.25) is 0 Å². The minimum atomic E-state index is -3.52. The molecule has 1 aromatic carbocycles. The van der Waals surface area contributed by atoms with Crippen LogP contribution in [0.25, 0.3) is 0 Å². The summed E-state index contributed by atoms with van der Waals surface area (Å²) in [4.78, 5) is 0.206. The van der Waals surface area contributed by atoms with Crippen LogP contribution in [0, 0.1) is 0 Å². The Bertz CT molecular complexity index is 430. The largest absolute Gasteiger partial charge is 0.395 e.